The average Bonchev–Trinajstić information content (AvgIpc) is 2.80. The molecule has 0 aliphatic rings. The molecule has 1 unspecified atom stereocenters. The highest BCUT2D eigenvalue weighted by Gasteiger charge is 2.17. The lowest BCUT2D eigenvalue weighted by atomic mass is 10.1. The van der Waals surface area contributed by atoms with Gasteiger partial charge in [0.2, 0.25) is 0 Å². The molecule has 3 aromatic rings. The van der Waals surface area contributed by atoms with Crippen LogP contribution in [-0.2, 0) is 10.0 Å². The first-order valence-electron chi connectivity index (χ1n) is 10.1. The minimum atomic E-state index is -3.68. The Morgan fingerprint density at radius 2 is 1.56 bits per heavy atom. The molecule has 2 N–H and O–H groups in total. The lowest BCUT2D eigenvalue weighted by Gasteiger charge is -2.25. The molecule has 0 aliphatic heterocycles. The number of amides is 1. The summed E-state index contributed by atoms with van der Waals surface area (Å²) in [6, 6.07) is 22.2. The molecular weight excluding hydrogens is 426 g/mol. The molecule has 0 fully saturated rings. The van der Waals surface area contributed by atoms with Crippen LogP contribution in [-0.4, -0.2) is 47.0 Å². The van der Waals surface area contributed by atoms with Crippen molar-refractivity contribution in [1.29, 1.82) is 0 Å². The summed E-state index contributed by atoms with van der Waals surface area (Å²) < 4.78 is 32.6. The Labute approximate surface area is 189 Å². The van der Waals surface area contributed by atoms with E-state index in [2.05, 4.69) is 10.0 Å². The standard InChI is InChI=1S/C24H27N3O4S/c1-27(2)23(18-11-15-21(31-3)16-12-18)17-25-24(28)19-9-13-20(14-10-19)26-32(29,30)22-7-5-4-6-8-22/h4-16,23,26H,17H2,1-3H3,(H,25,28). The number of hydrogen-bond donors (Lipinski definition) is 2. The van der Waals surface area contributed by atoms with Crippen molar-refractivity contribution in [2.75, 3.05) is 32.5 Å². The second-order valence-electron chi connectivity index (χ2n) is 7.46. The number of nitrogens with zero attached hydrogens (tertiary/aromatic N) is 1. The Kier molecular flexibility index (Phi) is 7.50. The maximum absolute atomic E-state index is 12.6. The number of methoxy groups -OCH3 is 1. The van der Waals surface area contributed by atoms with E-state index in [4.69, 9.17) is 4.74 Å². The van der Waals surface area contributed by atoms with Crippen LogP contribution >= 0.6 is 0 Å². The van der Waals surface area contributed by atoms with E-state index in [9.17, 15) is 13.2 Å². The van der Waals surface area contributed by atoms with Crippen LogP contribution in [0, 0.1) is 0 Å². The van der Waals surface area contributed by atoms with Crippen LogP contribution < -0.4 is 14.8 Å². The largest absolute Gasteiger partial charge is 0.497 e. The number of nitrogens with one attached hydrogen (secondary N) is 2. The molecule has 8 heteroatoms. The number of anilines is 1. The zero-order valence-corrected chi connectivity index (χ0v) is 19.1. The zero-order valence-electron chi connectivity index (χ0n) is 18.3. The van der Waals surface area contributed by atoms with Crippen molar-refractivity contribution < 1.29 is 17.9 Å². The molecule has 0 aromatic heterocycles. The molecule has 3 aromatic carbocycles. The first kappa shape index (κ1) is 23.3. The normalized spacial score (nSPS) is 12.2. The number of likely N-dealkylation sites (N-methyl/N-ethyl adjacent to an activating group) is 1. The van der Waals surface area contributed by atoms with Crippen LogP contribution in [0.5, 0.6) is 5.75 Å². The number of carbonyl (C=O) groups excluding carboxylic acids is 1. The summed E-state index contributed by atoms with van der Waals surface area (Å²) in [5.41, 5.74) is 1.89. The second kappa shape index (κ2) is 10.3. The maximum Gasteiger partial charge on any atom is 0.261 e. The van der Waals surface area contributed by atoms with Crippen LogP contribution in [0.2, 0.25) is 0 Å². The zero-order chi connectivity index (χ0) is 23.1. The molecule has 0 bridgehead atoms. The fourth-order valence-corrected chi connectivity index (χ4v) is 4.30. The highest BCUT2D eigenvalue weighted by molar-refractivity contribution is 7.92. The van der Waals surface area contributed by atoms with Gasteiger partial charge in [0.1, 0.15) is 5.75 Å². The summed E-state index contributed by atoms with van der Waals surface area (Å²) in [5.74, 6) is 0.543. The average molecular weight is 454 g/mol. The number of carbonyl (C=O) groups is 1. The minimum absolute atomic E-state index is 0.0122. The fourth-order valence-electron chi connectivity index (χ4n) is 3.22. The molecule has 0 heterocycles. The number of hydrogen-bond acceptors (Lipinski definition) is 5. The first-order valence-corrected chi connectivity index (χ1v) is 11.5. The van der Waals surface area contributed by atoms with E-state index in [1.165, 1.54) is 12.1 Å². The lowest BCUT2D eigenvalue weighted by molar-refractivity contribution is 0.0942. The van der Waals surface area contributed by atoms with E-state index in [0.717, 1.165) is 11.3 Å². The van der Waals surface area contributed by atoms with Crippen molar-refractivity contribution in [3.63, 3.8) is 0 Å². The molecule has 0 spiro atoms. The highest BCUT2D eigenvalue weighted by atomic mass is 32.2. The van der Waals surface area contributed by atoms with Gasteiger partial charge in [0.05, 0.1) is 18.0 Å². The Morgan fingerprint density at radius 1 is 0.938 bits per heavy atom. The molecule has 0 saturated heterocycles. The van der Waals surface area contributed by atoms with E-state index in [-0.39, 0.29) is 16.8 Å². The predicted octanol–water partition coefficient (Wildman–Crippen LogP) is 3.53. The molecule has 1 atom stereocenters. The van der Waals surface area contributed by atoms with Gasteiger partial charge in [-0.2, -0.15) is 0 Å². The van der Waals surface area contributed by atoms with Crippen LogP contribution in [0.1, 0.15) is 22.0 Å². The number of ether oxygens (including phenoxy) is 1. The maximum atomic E-state index is 12.6. The quantitative estimate of drug-likeness (QED) is 0.518. The van der Waals surface area contributed by atoms with Gasteiger partial charge in [0.25, 0.3) is 15.9 Å². The van der Waals surface area contributed by atoms with Gasteiger partial charge in [-0.3, -0.25) is 9.52 Å². The Balaban J connectivity index is 1.63. The van der Waals surface area contributed by atoms with Crippen molar-refractivity contribution in [3.8, 4) is 5.75 Å². The summed E-state index contributed by atoms with van der Waals surface area (Å²) >= 11 is 0. The van der Waals surface area contributed by atoms with Crippen molar-refractivity contribution in [2.45, 2.75) is 10.9 Å². The lowest BCUT2D eigenvalue weighted by Crippen LogP contribution is -2.34. The monoisotopic (exact) mass is 453 g/mol. The van der Waals surface area contributed by atoms with Crippen LogP contribution in [0.4, 0.5) is 5.69 Å². The molecular formula is C24H27N3O4S. The number of sulfonamides is 1. The third-order valence-electron chi connectivity index (χ3n) is 5.03. The van der Waals surface area contributed by atoms with Gasteiger partial charge in [0, 0.05) is 17.8 Å². The first-order chi connectivity index (χ1) is 15.3. The molecule has 1 amide bonds. The minimum Gasteiger partial charge on any atom is -0.497 e. The smallest absolute Gasteiger partial charge is 0.261 e. The Morgan fingerprint density at radius 3 is 2.12 bits per heavy atom. The summed E-state index contributed by atoms with van der Waals surface area (Å²) in [5, 5.41) is 2.95. The van der Waals surface area contributed by atoms with E-state index in [1.807, 2.05) is 43.3 Å². The van der Waals surface area contributed by atoms with Crippen molar-refractivity contribution in [1.82, 2.24) is 10.2 Å². The van der Waals surface area contributed by atoms with Gasteiger partial charge < -0.3 is 15.0 Å². The van der Waals surface area contributed by atoms with Crippen molar-refractivity contribution in [3.05, 3.63) is 90.0 Å². The molecule has 168 valence electrons. The topological polar surface area (TPSA) is 87.7 Å². The van der Waals surface area contributed by atoms with E-state index in [1.54, 1.807) is 49.6 Å². The fraction of sp³-hybridized carbons (Fsp3) is 0.208. The van der Waals surface area contributed by atoms with Gasteiger partial charge in [-0.05, 0) is 68.2 Å². The molecule has 32 heavy (non-hydrogen) atoms. The third kappa shape index (κ3) is 5.87. The molecule has 0 radical (unpaired) electrons. The van der Waals surface area contributed by atoms with Crippen molar-refractivity contribution in [2.24, 2.45) is 0 Å². The van der Waals surface area contributed by atoms with Gasteiger partial charge >= 0.3 is 0 Å². The second-order valence-corrected chi connectivity index (χ2v) is 9.14. The predicted molar refractivity (Wildman–Crippen MR) is 125 cm³/mol. The van der Waals surface area contributed by atoms with Gasteiger partial charge in [-0.1, -0.05) is 30.3 Å². The summed E-state index contributed by atoms with van der Waals surface area (Å²) in [7, 11) is 1.85. The van der Waals surface area contributed by atoms with Crippen LogP contribution in [0.25, 0.3) is 0 Å². The van der Waals surface area contributed by atoms with E-state index in [0.29, 0.717) is 17.8 Å². The number of benzene rings is 3. The van der Waals surface area contributed by atoms with Gasteiger partial charge in [0.15, 0.2) is 0 Å². The molecule has 7 nitrogen and oxygen atoms in total. The van der Waals surface area contributed by atoms with Gasteiger partial charge in [-0.25, -0.2) is 8.42 Å². The number of rotatable bonds is 9. The summed E-state index contributed by atoms with van der Waals surface area (Å²) in [6.07, 6.45) is 0. The van der Waals surface area contributed by atoms with E-state index >= 15 is 0 Å². The van der Waals surface area contributed by atoms with Crippen molar-refractivity contribution >= 4 is 21.6 Å². The van der Waals surface area contributed by atoms with Crippen LogP contribution in [0.15, 0.2) is 83.8 Å². The Hall–Kier alpha value is -3.36. The Bertz CT molecular complexity index is 1130. The molecule has 0 saturated carbocycles. The molecule has 0 aliphatic carbocycles. The third-order valence-corrected chi connectivity index (χ3v) is 6.43. The SMILES string of the molecule is COc1ccc(C(CNC(=O)c2ccc(NS(=O)(=O)c3ccccc3)cc2)N(C)C)cc1. The summed E-state index contributed by atoms with van der Waals surface area (Å²) in [4.78, 5) is 14.8. The highest BCUT2D eigenvalue weighted by Crippen LogP contribution is 2.21. The van der Waals surface area contributed by atoms with Crippen LogP contribution in [0.3, 0.4) is 0 Å². The summed E-state index contributed by atoms with van der Waals surface area (Å²) in [6.45, 7) is 0.417. The van der Waals surface area contributed by atoms with E-state index < -0.39 is 10.0 Å². The van der Waals surface area contributed by atoms with Gasteiger partial charge in [-0.15, -0.1) is 0 Å². The molecule has 3 rings (SSSR count).